The van der Waals surface area contributed by atoms with Gasteiger partial charge >= 0.3 is 7.12 Å². The van der Waals surface area contributed by atoms with Crippen molar-refractivity contribution < 1.29 is 18.9 Å². The largest absolute Gasteiger partial charge is 0.489 e. The molecule has 12 rings (SSSR count). The average Bonchev–Trinajstić information content (AvgIpc) is 3.94. The molecule has 14 heteroatoms. The molecule has 0 radical (unpaired) electrons. The van der Waals surface area contributed by atoms with E-state index in [9.17, 15) is 10.0 Å². The van der Waals surface area contributed by atoms with Gasteiger partial charge in [0.05, 0.1) is 0 Å². The summed E-state index contributed by atoms with van der Waals surface area (Å²) < 4.78 is 11.9. The molecule has 0 bridgehead atoms. The molecule has 4 heterocycles. The Morgan fingerprint density at radius 1 is 0.324 bits per heavy atom. The topological polar surface area (TPSA) is 144 Å². The summed E-state index contributed by atoms with van der Waals surface area (Å²) in [4.78, 5) is 25.5. The zero-order chi connectivity index (χ0) is 46.6. The van der Waals surface area contributed by atoms with Crippen molar-refractivity contribution in [3.63, 3.8) is 0 Å². The molecule has 68 heavy (non-hydrogen) atoms. The molecule has 0 amide bonds. The maximum atomic E-state index is 9.22. The first-order valence-corrected chi connectivity index (χ1v) is 22.4. The van der Waals surface area contributed by atoms with Crippen LogP contribution in [0.25, 0.3) is 100 Å². The summed E-state index contributed by atoms with van der Waals surface area (Å²) in [7, 11) is -1.43. The van der Waals surface area contributed by atoms with Gasteiger partial charge in [0, 0.05) is 38.2 Å². The Kier molecular flexibility index (Phi) is 12.7. The van der Waals surface area contributed by atoms with Gasteiger partial charge in [0.25, 0.3) is 0 Å². The summed E-state index contributed by atoms with van der Waals surface area (Å²) in [6.07, 6.45) is 0. The van der Waals surface area contributed by atoms with Crippen LogP contribution in [0.5, 0.6) is 0 Å². The highest BCUT2D eigenvalue weighted by atomic mass is 35.5. The van der Waals surface area contributed by atoms with Gasteiger partial charge in [-0.05, 0) is 98.9 Å². The van der Waals surface area contributed by atoms with E-state index in [1.54, 1.807) is 12.1 Å². The van der Waals surface area contributed by atoms with Crippen LogP contribution in [0.2, 0.25) is 15.9 Å². The number of aromatic nitrogens is 6. The van der Waals surface area contributed by atoms with E-state index in [0.29, 0.717) is 22.9 Å². The minimum Gasteiger partial charge on any atom is -0.456 e. The Bertz CT molecular complexity index is 3720. The number of halogens is 3. The van der Waals surface area contributed by atoms with Crippen LogP contribution in [-0.4, -0.2) is 47.1 Å². The van der Waals surface area contributed by atoms with Crippen molar-refractivity contribution in [1.82, 2.24) is 29.9 Å². The first-order chi connectivity index (χ1) is 33.3. The molecule has 0 unspecified atom stereocenters. The van der Waals surface area contributed by atoms with Crippen LogP contribution >= 0.6 is 34.8 Å². The first-order valence-electron chi connectivity index (χ1n) is 21.2. The molecule has 0 aliphatic heterocycles. The molecule has 0 aliphatic rings. The summed E-state index contributed by atoms with van der Waals surface area (Å²) >= 11 is 18.0. The molecule has 10 nitrogen and oxygen atoms in total. The van der Waals surface area contributed by atoms with Crippen molar-refractivity contribution in [2.45, 2.75) is 0 Å². The van der Waals surface area contributed by atoms with Crippen LogP contribution in [0.3, 0.4) is 0 Å². The number of hydrogen-bond acceptors (Lipinski definition) is 10. The molecule has 0 spiro atoms. The van der Waals surface area contributed by atoms with Crippen LogP contribution in [0.15, 0.2) is 203 Å². The van der Waals surface area contributed by atoms with Crippen molar-refractivity contribution in [2.75, 3.05) is 0 Å². The molecule has 0 atom stereocenters. The lowest BCUT2D eigenvalue weighted by Crippen LogP contribution is -2.31. The molecule has 2 N–H and O–H groups in total. The smallest absolute Gasteiger partial charge is 0.456 e. The summed E-state index contributed by atoms with van der Waals surface area (Å²) in [5.74, 6) is 1.46. The van der Waals surface area contributed by atoms with E-state index >= 15 is 0 Å². The van der Waals surface area contributed by atoms with Crippen LogP contribution in [0.1, 0.15) is 0 Å². The van der Waals surface area contributed by atoms with Crippen LogP contribution in [-0.2, 0) is 0 Å². The van der Waals surface area contributed by atoms with Gasteiger partial charge in [0.15, 0.2) is 17.5 Å². The summed E-state index contributed by atoms with van der Waals surface area (Å²) in [5, 5.41) is 23.0. The van der Waals surface area contributed by atoms with E-state index in [4.69, 9.17) is 48.6 Å². The van der Waals surface area contributed by atoms with Gasteiger partial charge in [-0.15, -0.1) is 0 Å². The molecule has 0 aliphatic carbocycles. The third-order valence-electron chi connectivity index (χ3n) is 11.0. The van der Waals surface area contributed by atoms with Gasteiger partial charge in [-0.3, -0.25) is 0 Å². The van der Waals surface area contributed by atoms with Crippen molar-refractivity contribution in [3.8, 4) is 56.4 Å². The SMILES string of the molecule is Clc1nc(-c2ccc3c(c2)oc2ccccc23)nc(-c2ccccc2-c2ccccc2)n1.Clc1nc(Cl)nc(-c2ccc3c(c2)oc2ccccc23)n1.OB(O)c1ccccc1-c1ccccc1. The molecule has 0 saturated carbocycles. The Balaban J connectivity index is 0.000000129. The number of benzene rings is 8. The molecule has 328 valence electrons. The monoisotopic (exact) mass is 946 g/mol. The average molecular weight is 948 g/mol. The Hall–Kier alpha value is -7.77. The van der Waals surface area contributed by atoms with Gasteiger partial charge in [0.1, 0.15) is 22.3 Å². The highest BCUT2D eigenvalue weighted by molar-refractivity contribution is 6.60. The molecule has 0 fully saturated rings. The molecular formula is C54H34BCl3N6O4. The summed E-state index contributed by atoms with van der Waals surface area (Å²) in [6.45, 7) is 0. The van der Waals surface area contributed by atoms with Crippen molar-refractivity contribution in [3.05, 3.63) is 210 Å². The van der Waals surface area contributed by atoms with Crippen LogP contribution < -0.4 is 5.46 Å². The minimum absolute atomic E-state index is 0.0645. The van der Waals surface area contributed by atoms with Crippen LogP contribution in [0.4, 0.5) is 0 Å². The fraction of sp³-hybridized carbons (Fsp3) is 0. The Labute approximate surface area is 404 Å². The van der Waals surface area contributed by atoms with Crippen LogP contribution in [0, 0.1) is 0 Å². The third-order valence-corrected chi connectivity index (χ3v) is 11.5. The van der Waals surface area contributed by atoms with Gasteiger partial charge in [-0.1, -0.05) is 158 Å². The fourth-order valence-corrected chi connectivity index (χ4v) is 8.46. The Morgan fingerprint density at radius 2 is 0.721 bits per heavy atom. The summed E-state index contributed by atoms with van der Waals surface area (Å²) in [5.41, 5.74) is 10.2. The number of para-hydroxylation sites is 2. The van der Waals surface area contributed by atoms with E-state index in [2.05, 4.69) is 49.2 Å². The van der Waals surface area contributed by atoms with Gasteiger partial charge in [-0.25, -0.2) is 4.98 Å². The highest BCUT2D eigenvalue weighted by Gasteiger charge is 2.17. The molecule has 0 saturated heterocycles. The lowest BCUT2D eigenvalue weighted by atomic mass is 9.75. The van der Waals surface area contributed by atoms with E-state index in [0.717, 1.165) is 82.8 Å². The van der Waals surface area contributed by atoms with Gasteiger partial charge < -0.3 is 18.9 Å². The number of hydrogen-bond donors (Lipinski definition) is 2. The van der Waals surface area contributed by atoms with E-state index in [1.807, 2.05) is 158 Å². The fourth-order valence-electron chi connectivity index (χ4n) is 7.93. The van der Waals surface area contributed by atoms with Crippen molar-refractivity contribution >= 4 is 91.3 Å². The normalized spacial score (nSPS) is 11.0. The van der Waals surface area contributed by atoms with E-state index in [1.165, 1.54) is 0 Å². The maximum Gasteiger partial charge on any atom is 0.489 e. The van der Waals surface area contributed by atoms with E-state index < -0.39 is 7.12 Å². The van der Waals surface area contributed by atoms with Crippen molar-refractivity contribution in [2.24, 2.45) is 0 Å². The zero-order valence-corrected chi connectivity index (χ0v) is 37.8. The maximum absolute atomic E-state index is 9.22. The first kappa shape index (κ1) is 44.1. The molecule has 4 aromatic heterocycles. The third kappa shape index (κ3) is 9.43. The molecule has 8 aromatic carbocycles. The highest BCUT2D eigenvalue weighted by Crippen LogP contribution is 2.35. The number of furan rings is 2. The van der Waals surface area contributed by atoms with E-state index in [-0.39, 0.29) is 15.9 Å². The lowest BCUT2D eigenvalue weighted by molar-refractivity contribution is 0.426. The Morgan fingerprint density at radius 3 is 1.26 bits per heavy atom. The zero-order valence-electron chi connectivity index (χ0n) is 35.6. The second-order valence-electron chi connectivity index (χ2n) is 15.3. The van der Waals surface area contributed by atoms with Crippen molar-refractivity contribution in [1.29, 1.82) is 0 Å². The second-order valence-corrected chi connectivity index (χ2v) is 16.3. The predicted octanol–water partition coefficient (Wildman–Crippen LogP) is 13.2. The minimum atomic E-state index is -1.43. The van der Waals surface area contributed by atoms with Gasteiger partial charge in [-0.2, -0.15) is 24.9 Å². The summed E-state index contributed by atoms with van der Waals surface area (Å²) in [6, 6.07) is 62.8. The van der Waals surface area contributed by atoms with Gasteiger partial charge in [0.2, 0.25) is 15.9 Å². The number of rotatable bonds is 6. The number of fused-ring (bicyclic) bond motifs is 6. The second kappa shape index (κ2) is 19.6. The lowest BCUT2D eigenvalue weighted by Gasteiger charge is -2.10. The predicted molar refractivity (Wildman–Crippen MR) is 273 cm³/mol. The molecule has 12 aromatic rings. The quantitative estimate of drug-likeness (QED) is 0.155. The molecular weight excluding hydrogens is 914 g/mol. The standard InChI is InChI=1S/C27H16ClN3O.C15H7Cl2N3O.C12H11BO2/c28-27-30-25(18-14-15-21-20-11-6-7-13-23(20)32-24(21)16-18)29-26(31-27)22-12-5-4-10-19(22)17-8-2-1-3-9-17;16-14-18-13(19-15(17)20-14)8-5-6-10-9-3-1-2-4-11(9)21-12(10)7-8;14-13(15)12-9-5-4-8-11(12)10-6-2-1-3-7-10/h1-16H;1-7H;1-9,14-15H. The number of nitrogens with zero attached hydrogens (tertiary/aromatic N) is 6.